The summed E-state index contributed by atoms with van der Waals surface area (Å²) in [4.78, 5) is 3.98. The molecule has 1 atom stereocenters. The Balaban J connectivity index is 2.59. The van der Waals surface area contributed by atoms with E-state index >= 15 is 0 Å². The number of anilines is 1. The van der Waals surface area contributed by atoms with Gasteiger partial charge in [0.1, 0.15) is 11.3 Å². The molecule has 0 aliphatic rings. The summed E-state index contributed by atoms with van der Waals surface area (Å²) in [6, 6.07) is 3.29. The second kappa shape index (κ2) is 5.78. The molecule has 84 valence electrons. The first-order chi connectivity index (χ1) is 7.13. The van der Waals surface area contributed by atoms with Gasteiger partial charge in [-0.15, -0.1) is 0 Å². The molecule has 0 saturated carbocycles. The van der Waals surface area contributed by atoms with Gasteiger partial charge in [-0.2, -0.15) is 4.98 Å². The third-order valence-corrected chi connectivity index (χ3v) is 1.94. The number of nitrogen functional groups attached to an aromatic ring is 1. The minimum atomic E-state index is -0.0989. The summed E-state index contributed by atoms with van der Waals surface area (Å²) in [5.74, 6) is 0.356. The van der Waals surface area contributed by atoms with E-state index in [2.05, 4.69) is 4.98 Å². The number of halogens is 1. The van der Waals surface area contributed by atoms with Crippen LogP contribution in [0.25, 0.3) is 0 Å². The minimum absolute atomic E-state index is 0.0989. The van der Waals surface area contributed by atoms with Crippen LogP contribution in [-0.2, 0) is 4.74 Å². The largest absolute Gasteiger partial charge is 0.471 e. The highest BCUT2D eigenvalue weighted by Crippen LogP contribution is 2.21. The fraction of sp³-hybridized carbons (Fsp3) is 0.500. The van der Waals surface area contributed by atoms with Crippen molar-refractivity contribution < 1.29 is 9.47 Å². The van der Waals surface area contributed by atoms with Crippen LogP contribution in [0.3, 0.4) is 0 Å². The summed E-state index contributed by atoms with van der Waals surface area (Å²) < 4.78 is 10.7. The Morgan fingerprint density at radius 2 is 2.27 bits per heavy atom. The lowest BCUT2D eigenvalue weighted by atomic mass is 10.4. The molecule has 5 heteroatoms. The predicted molar refractivity (Wildman–Crippen MR) is 60.2 cm³/mol. The van der Waals surface area contributed by atoms with E-state index in [1.807, 2.05) is 13.8 Å². The van der Waals surface area contributed by atoms with Gasteiger partial charge in [0.05, 0.1) is 12.3 Å². The van der Waals surface area contributed by atoms with E-state index in [0.29, 0.717) is 29.9 Å². The Hall–Kier alpha value is -1.00. The molecule has 0 bridgehead atoms. The number of pyridine rings is 1. The molecule has 1 unspecified atom stereocenters. The first kappa shape index (κ1) is 12.1. The van der Waals surface area contributed by atoms with Gasteiger partial charge in [-0.25, -0.2) is 0 Å². The van der Waals surface area contributed by atoms with Crippen molar-refractivity contribution in [3.05, 3.63) is 17.3 Å². The average molecular weight is 231 g/mol. The smallest absolute Gasteiger partial charge is 0.238 e. The Morgan fingerprint density at radius 1 is 1.53 bits per heavy atom. The number of hydrogen-bond donors (Lipinski definition) is 1. The van der Waals surface area contributed by atoms with Gasteiger partial charge < -0.3 is 15.2 Å². The molecule has 1 heterocycles. The van der Waals surface area contributed by atoms with E-state index in [0.717, 1.165) is 0 Å². The zero-order chi connectivity index (χ0) is 11.3. The maximum atomic E-state index is 5.73. The summed E-state index contributed by atoms with van der Waals surface area (Å²) in [6.07, 6.45) is -0.0989. The molecule has 0 aliphatic carbocycles. The molecular formula is C10H15ClN2O2. The maximum Gasteiger partial charge on any atom is 0.238 e. The molecule has 1 aromatic rings. The first-order valence-corrected chi connectivity index (χ1v) is 5.17. The lowest BCUT2D eigenvalue weighted by Crippen LogP contribution is -2.20. The van der Waals surface area contributed by atoms with Crippen LogP contribution in [0.15, 0.2) is 12.1 Å². The Kier molecular flexibility index (Phi) is 4.65. The number of aromatic nitrogens is 1. The Labute approximate surface area is 94.3 Å². The van der Waals surface area contributed by atoms with Gasteiger partial charge >= 0.3 is 0 Å². The van der Waals surface area contributed by atoms with Gasteiger partial charge in [-0.1, -0.05) is 11.6 Å². The third-order valence-electron chi connectivity index (χ3n) is 1.73. The van der Waals surface area contributed by atoms with E-state index < -0.39 is 0 Å². The molecule has 4 nitrogen and oxygen atoms in total. The number of rotatable bonds is 5. The van der Waals surface area contributed by atoms with Crippen molar-refractivity contribution in [1.82, 2.24) is 4.98 Å². The predicted octanol–water partition coefficient (Wildman–Crippen LogP) is 2.12. The van der Waals surface area contributed by atoms with Gasteiger partial charge in [0.15, 0.2) is 0 Å². The van der Waals surface area contributed by atoms with Gasteiger partial charge in [-0.3, -0.25) is 0 Å². The zero-order valence-electron chi connectivity index (χ0n) is 8.87. The van der Waals surface area contributed by atoms with Crippen LogP contribution in [-0.4, -0.2) is 24.3 Å². The summed E-state index contributed by atoms with van der Waals surface area (Å²) in [5, 5.41) is 0.364. The van der Waals surface area contributed by atoms with Crippen molar-refractivity contribution in [2.45, 2.75) is 20.0 Å². The molecule has 0 aromatic carbocycles. The summed E-state index contributed by atoms with van der Waals surface area (Å²) in [6.45, 7) is 4.98. The van der Waals surface area contributed by atoms with Gasteiger partial charge in [-0.05, 0) is 26.0 Å². The van der Waals surface area contributed by atoms with E-state index in [-0.39, 0.29) is 6.10 Å². The number of hydrogen-bond acceptors (Lipinski definition) is 4. The highest BCUT2D eigenvalue weighted by molar-refractivity contribution is 6.29. The topological polar surface area (TPSA) is 57.4 Å². The Morgan fingerprint density at radius 3 is 2.93 bits per heavy atom. The summed E-state index contributed by atoms with van der Waals surface area (Å²) in [5.41, 5.74) is 6.15. The third kappa shape index (κ3) is 3.93. The first-order valence-electron chi connectivity index (χ1n) is 4.80. The monoisotopic (exact) mass is 230 g/mol. The molecule has 0 amide bonds. The molecule has 1 rings (SSSR count). The molecule has 1 aromatic heterocycles. The summed E-state index contributed by atoms with van der Waals surface area (Å²) >= 11 is 5.73. The second-order valence-electron chi connectivity index (χ2n) is 3.12. The van der Waals surface area contributed by atoms with Crippen molar-refractivity contribution in [3.8, 4) is 5.88 Å². The quantitative estimate of drug-likeness (QED) is 0.788. The van der Waals surface area contributed by atoms with Crippen molar-refractivity contribution >= 4 is 17.3 Å². The lowest BCUT2D eigenvalue weighted by molar-refractivity contribution is 0.0638. The van der Waals surface area contributed by atoms with Gasteiger partial charge in [0, 0.05) is 6.61 Å². The van der Waals surface area contributed by atoms with Gasteiger partial charge in [0.25, 0.3) is 0 Å². The van der Waals surface area contributed by atoms with Crippen molar-refractivity contribution in [2.75, 3.05) is 18.9 Å². The van der Waals surface area contributed by atoms with Crippen LogP contribution < -0.4 is 10.5 Å². The van der Waals surface area contributed by atoms with Crippen LogP contribution in [0.5, 0.6) is 5.88 Å². The SMILES string of the molecule is CCOCC(C)Oc1nc(Cl)ccc1N. The second-order valence-corrected chi connectivity index (χ2v) is 3.50. The van der Waals surface area contributed by atoms with Crippen LogP contribution in [0.1, 0.15) is 13.8 Å². The zero-order valence-corrected chi connectivity index (χ0v) is 9.62. The number of nitrogens with zero attached hydrogens (tertiary/aromatic N) is 1. The lowest BCUT2D eigenvalue weighted by Gasteiger charge is -2.14. The van der Waals surface area contributed by atoms with E-state index in [1.54, 1.807) is 12.1 Å². The van der Waals surface area contributed by atoms with Crippen LogP contribution in [0.4, 0.5) is 5.69 Å². The molecule has 15 heavy (non-hydrogen) atoms. The van der Waals surface area contributed by atoms with E-state index in [9.17, 15) is 0 Å². The molecule has 0 saturated heterocycles. The van der Waals surface area contributed by atoms with Crippen LogP contribution in [0.2, 0.25) is 5.15 Å². The van der Waals surface area contributed by atoms with Crippen LogP contribution in [0, 0.1) is 0 Å². The number of ether oxygens (including phenoxy) is 2. The normalized spacial score (nSPS) is 12.5. The fourth-order valence-corrected chi connectivity index (χ4v) is 1.17. The standard InChI is InChI=1S/C10H15ClN2O2/c1-3-14-6-7(2)15-10-8(12)4-5-9(11)13-10/h4-5,7H,3,6,12H2,1-2H3. The molecule has 0 spiro atoms. The minimum Gasteiger partial charge on any atom is -0.471 e. The molecule has 2 N–H and O–H groups in total. The summed E-state index contributed by atoms with van der Waals surface area (Å²) in [7, 11) is 0. The molecule has 0 radical (unpaired) electrons. The molecular weight excluding hydrogens is 216 g/mol. The van der Waals surface area contributed by atoms with E-state index in [1.165, 1.54) is 0 Å². The van der Waals surface area contributed by atoms with Crippen molar-refractivity contribution in [3.63, 3.8) is 0 Å². The average Bonchev–Trinajstić information content (AvgIpc) is 2.20. The number of nitrogens with two attached hydrogens (primary N) is 1. The maximum absolute atomic E-state index is 5.73. The highest BCUT2D eigenvalue weighted by Gasteiger charge is 2.08. The van der Waals surface area contributed by atoms with Crippen molar-refractivity contribution in [1.29, 1.82) is 0 Å². The van der Waals surface area contributed by atoms with Gasteiger partial charge in [0.2, 0.25) is 5.88 Å². The van der Waals surface area contributed by atoms with Crippen molar-refractivity contribution in [2.24, 2.45) is 0 Å². The fourth-order valence-electron chi connectivity index (χ4n) is 1.03. The van der Waals surface area contributed by atoms with E-state index in [4.69, 9.17) is 26.8 Å². The highest BCUT2D eigenvalue weighted by atomic mass is 35.5. The van der Waals surface area contributed by atoms with Crippen LogP contribution >= 0.6 is 11.6 Å². The molecule has 0 fully saturated rings. The Bertz CT molecular complexity index is 320. The molecule has 0 aliphatic heterocycles.